The van der Waals surface area contributed by atoms with Gasteiger partial charge in [-0.15, -0.1) is 7.92 Å². The molecular formula is C14H29P. The zero-order valence-corrected chi connectivity index (χ0v) is 11.9. The zero-order chi connectivity index (χ0) is 11.1. The maximum atomic E-state index is 2.53. The van der Waals surface area contributed by atoms with Crippen molar-refractivity contribution in [3.05, 3.63) is 0 Å². The Morgan fingerprint density at radius 2 is 1.47 bits per heavy atom. The van der Waals surface area contributed by atoms with Crippen LogP contribution in [-0.4, -0.2) is 18.5 Å². The number of hydrogen-bond donors (Lipinski definition) is 0. The van der Waals surface area contributed by atoms with E-state index in [1.807, 2.05) is 0 Å². The summed E-state index contributed by atoms with van der Waals surface area (Å²) in [5.41, 5.74) is 1.02. The monoisotopic (exact) mass is 228 g/mol. The van der Waals surface area contributed by atoms with Gasteiger partial charge >= 0.3 is 0 Å². The summed E-state index contributed by atoms with van der Waals surface area (Å²) in [5, 5.41) is 0. The van der Waals surface area contributed by atoms with Gasteiger partial charge in [-0.1, -0.05) is 52.4 Å². The Morgan fingerprint density at radius 3 is 1.93 bits per heavy atom. The highest BCUT2D eigenvalue weighted by molar-refractivity contribution is 7.57. The van der Waals surface area contributed by atoms with Gasteiger partial charge in [0.05, 0.1) is 0 Å². The van der Waals surface area contributed by atoms with Gasteiger partial charge in [-0.2, -0.15) is 0 Å². The Kier molecular flexibility index (Phi) is 6.89. The Bertz CT molecular complexity index is 145. The van der Waals surface area contributed by atoms with E-state index in [0.717, 1.165) is 11.6 Å². The van der Waals surface area contributed by atoms with Gasteiger partial charge in [0.15, 0.2) is 0 Å². The molecule has 1 fully saturated rings. The summed E-state index contributed by atoms with van der Waals surface area (Å²) in [5.74, 6) is 1.05. The molecule has 0 bridgehead atoms. The predicted molar refractivity (Wildman–Crippen MR) is 73.3 cm³/mol. The fourth-order valence-electron chi connectivity index (χ4n) is 2.79. The molecule has 1 saturated carbocycles. The quantitative estimate of drug-likeness (QED) is 0.578. The van der Waals surface area contributed by atoms with E-state index < -0.39 is 0 Å². The second-order valence-electron chi connectivity index (χ2n) is 5.27. The Hall–Kier alpha value is 0.430. The lowest BCUT2D eigenvalue weighted by Gasteiger charge is -2.28. The van der Waals surface area contributed by atoms with Crippen LogP contribution in [0.3, 0.4) is 0 Å². The summed E-state index contributed by atoms with van der Waals surface area (Å²) in [7, 11) is 0.308. The molecule has 0 amide bonds. The van der Waals surface area contributed by atoms with Crippen molar-refractivity contribution in [3.8, 4) is 0 Å². The summed E-state index contributed by atoms with van der Waals surface area (Å²) in [4.78, 5) is 0. The van der Waals surface area contributed by atoms with E-state index >= 15 is 0 Å². The molecule has 1 heteroatoms. The fourth-order valence-corrected chi connectivity index (χ4v) is 4.39. The van der Waals surface area contributed by atoms with Gasteiger partial charge in [0.25, 0.3) is 0 Å². The maximum absolute atomic E-state index is 2.53. The lowest BCUT2D eigenvalue weighted by atomic mass is 9.94. The van der Waals surface area contributed by atoms with E-state index in [0.29, 0.717) is 7.92 Å². The molecule has 2 atom stereocenters. The van der Waals surface area contributed by atoms with Gasteiger partial charge < -0.3 is 0 Å². The minimum absolute atomic E-state index is 0.308. The molecule has 0 radical (unpaired) electrons. The molecule has 0 saturated heterocycles. The molecule has 0 nitrogen and oxygen atoms in total. The smallest absolute Gasteiger partial charge is 0.0212 e. The molecule has 0 aromatic rings. The highest BCUT2D eigenvalue weighted by Gasteiger charge is 2.21. The molecule has 0 aliphatic heterocycles. The molecule has 0 spiro atoms. The van der Waals surface area contributed by atoms with Crippen molar-refractivity contribution in [1.82, 2.24) is 0 Å². The first kappa shape index (κ1) is 13.5. The van der Waals surface area contributed by atoms with E-state index in [1.165, 1.54) is 57.5 Å². The summed E-state index contributed by atoms with van der Waals surface area (Å²) in [6, 6.07) is 0. The maximum Gasteiger partial charge on any atom is -0.0212 e. The van der Waals surface area contributed by atoms with E-state index in [1.54, 1.807) is 0 Å². The Labute approximate surface area is 98.0 Å². The zero-order valence-electron chi connectivity index (χ0n) is 11.0. The van der Waals surface area contributed by atoms with Gasteiger partial charge in [0.1, 0.15) is 0 Å². The molecule has 0 unspecified atom stereocenters. The molecule has 1 aliphatic carbocycles. The summed E-state index contributed by atoms with van der Waals surface area (Å²) < 4.78 is 0. The van der Waals surface area contributed by atoms with Crippen LogP contribution in [0.2, 0.25) is 0 Å². The second-order valence-corrected chi connectivity index (χ2v) is 8.23. The largest absolute Gasteiger partial charge is 0.107 e. The lowest BCUT2D eigenvalue weighted by molar-refractivity contribution is 0.421. The first-order chi connectivity index (χ1) is 7.25. The van der Waals surface area contributed by atoms with Crippen molar-refractivity contribution in [2.24, 2.45) is 5.92 Å². The normalized spacial score (nSPS) is 25.0. The molecule has 15 heavy (non-hydrogen) atoms. The average molecular weight is 228 g/mol. The van der Waals surface area contributed by atoms with Crippen LogP contribution in [0, 0.1) is 5.92 Å². The molecule has 0 N–H and O–H groups in total. The Morgan fingerprint density at radius 1 is 1.00 bits per heavy atom. The number of hydrogen-bond acceptors (Lipinski definition) is 0. The highest BCUT2D eigenvalue weighted by atomic mass is 31.1. The third-order valence-corrected chi connectivity index (χ3v) is 7.09. The van der Waals surface area contributed by atoms with E-state index in [4.69, 9.17) is 0 Å². The summed E-state index contributed by atoms with van der Waals surface area (Å²) in [6.45, 7) is 7.40. The topological polar surface area (TPSA) is 0 Å². The van der Waals surface area contributed by atoms with Crippen LogP contribution in [0.5, 0.6) is 0 Å². The van der Waals surface area contributed by atoms with Crippen molar-refractivity contribution in [3.63, 3.8) is 0 Å². The van der Waals surface area contributed by atoms with Gasteiger partial charge in [0.2, 0.25) is 0 Å². The van der Waals surface area contributed by atoms with Crippen molar-refractivity contribution < 1.29 is 0 Å². The van der Waals surface area contributed by atoms with Gasteiger partial charge in [-0.25, -0.2) is 0 Å². The lowest BCUT2D eigenvalue weighted by Crippen LogP contribution is -2.16. The van der Waals surface area contributed by atoms with Crippen LogP contribution in [0.1, 0.15) is 65.2 Å². The van der Waals surface area contributed by atoms with Crippen molar-refractivity contribution in [1.29, 1.82) is 0 Å². The summed E-state index contributed by atoms with van der Waals surface area (Å²) >= 11 is 0. The van der Waals surface area contributed by atoms with Crippen LogP contribution in [0.25, 0.3) is 0 Å². The third kappa shape index (κ3) is 4.85. The number of rotatable bonds is 3. The highest BCUT2D eigenvalue weighted by Crippen LogP contribution is 2.43. The molecule has 0 heterocycles. The molecule has 0 aromatic carbocycles. The third-order valence-electron chi connectivity index (χ3n) is 4.28. The van der Waals surface area contributed by atoms with E-state index in [-0.39, 0.29) is 0 Å². The average Bonchev–Trinajstić information content (AvgIpc) is 2.40. The molecule has 0 aromatic heterocycles. The van der Waals surface area contributed by atoms with E-state index in [9.17, 15) is 0 Å². The van der Waals surface area contributed by atoms with E-state index in [2.05, 4.69) is 20.5 Å². The van der Waals surface area contributed by atoms with Crippen molar-refractivity contribution >= 4 is 7.92 Å². The van der Waals surface area contributed by atoms with Gasteiger partial charge in [-0.05, 0) is 37.2 Å². The summed E-state index contributed by atoms with van der Waals surface area (Å²) in [6.07, 6.45) is 13.5. The molecular weight excluding hydrogens is 199 g/mol. The van der Waals surface area contributed by atoms with Crippen LogP contribution in [0.4, 0.5) is 0 Å². The van der Waals surface area contributed by atoms with Gasteiger partial charge in [-0.3, -0.25) is 0 Å². The molecule has 1 aliphatic rings. The predicted octanol–water partition coefficient (Wildman–Crippen LogP) is 5.26. The van der Waals surface area contributed by atoms with Crippen LogP contribution in [-0.2, 0) is 0 Å². The molecule has 90 valence electrons. The fraction of sp³-hybridized carbons (Fsp3) is 1.00. The first-order valence-electron chi connectivity index (χ1n) is 6.96. The van der Waals surface area contributed by atoms with Crippen molar-refractivity contribution in [2.45, 2.75) is 70.9 Å². The SMILES string of the molecule is CC[P@](C)[C@H](C)C1CCCCCCCC1. The standard InChI is InChI=1S/C14H29P/c1-4-15(3)13(2)14-11-9-7-5-6-8-10-12-14/h13-14H,4-12H2,1-3H3/t13-,15+/m1/s1. The second kappa shape index (κ2) is 7.66. The van der Waals surface area contributed by atoms with Crippen LogP contribution in [0.15, 0.2) is 0 Å². The first-order valence-corrected chi connectivity index (χ1v) is 9.00. The van der Waals surface area contributed by atoms with Crippen molar-refractivity contribution in [2.75, 3.05) is 12.8 Å². The minimum Gasteiger partial charge on any atom is -0.107 e. The van der Waals surface area contributed by atoms with Crippen LogP contribution < -0.4 is 0 Å². The molecule has 1 rings (SSSR count). The van der Waals surface area contributed by atoms with Crippen LogP contribution >= 0.6 is 7.92 Å². The minimum atomic E-state index is 0.308. The van der Waals surface area contributed by atoms with Gasteiger partial charge in [0, 0.05) is 0 Å². The Balaban J connectivity index is 2.41.